The number of nitrogens with zero attached hydrogens (tertiary/aromatic N) is 1. The molecule has 1 aliphatic heterocycles. The van der Waals surface area contributed by atoms with Crippen LogP contribution in [0.1, 0.15) is 50.3 Å². The minimum Gasteiger partial charge on any atom is -0.487 e. The van der Waals surface area contributed by atoms with Crippen molar-refractivity contribution in [2.24, 2.45) is 0 Å². The summed E-state index contributed by atoms with van der Waals surface area (Å²) < 4.78 is 6.29. The van der Waals surface area contributed by atoms with E-state index >= 15 is 0 Å². The molecule has 0 aliphatic carbocycles. The summed E-state index contributed by atoms with van der Waals surface area (Å²) in [6.07, 6.45) is 2.54. The number of benzene rings is 2. The number of hydrogen-bond donors (Lipinski definition) is 1. The van der Waals surface area contributed by atoms with Gasteiger partial charge in [0.25, 0.3) is 5.69 Å². The zero-order chi connectivity index (χ0) is 20.9. The van der Waals surface area contributed by atoms with Crippen molar-refractivity contribution >= 4 is 23.4 Å². The van der Waals surface area contributed by atoms with Crippen LogP contribution >= 0.6 is 11.8 Å². The Kier molecular flexibility index (Phi) is 6.79. The molecular formula is C22H26N2O4S. The lowest BCUT2D eigenvalue weighted by molar-refractivity contribution is -0.384. The second-order valence-electron chi connectivity index (χ2n) is 7.27. The molecule has 1 heterocycles. The van der Waals surface area contributed by atoms with E-state index < -0.39 is 4.92 Å². The fourth-order valence-electron chi connectivity index (χ4n) is 3.64. The highest BCUT2D eigenvalue weighted by Gasteiger charge is 2.38. The van der Waals surface area contributed by atoms with E-state index in [1.54, 1.807) is 12.1 Å². The Bertz CT molecular complexity index is 865. The molecular weight excluding hydrogens is 388 g/mol. The minimum absolute atomic E-state index is 0.0141. The maximum Gasteiger partial charge on any atom is 0.269 e. The molecule has 1 aliphatic rings. The first kappa shape index (κ1) is 21.2. The molecule has 0 radical (unpaired) electrons. The molecule has 7 heteroatoms. The number of nitro benzene ring substituents is 1. The highest BCUT2D eigenvalue weighted by molar-refractivity contribution is 7.99. The van der Waals surface area contributed by atoms with Crippen molar-refractivity contribution in [3.05, 3.63) is 69.8 Å². The number of ether oxygens (including phenoxy) is 1. The van der Waals surface area contributed by atoms with Gasteiger partial charge in [0.05, 0.1) is 16.7 Å². The van der Waals surface area contributed by atoms with Gasteiger partial charge in [-0.1, -0.05) is 44.2 Å². The molecule has 2 aromatic rings. The van der Waals surface area contributed by atoms with E-state index in [4.69, 9.17) is 4.74 Å². The molecule has 1 unspecified atom stereocenters. The van der Waals surface area contributed by atoms with E-state index in [1.165, 1.54) is 23.9 Å². The first-order valence-electron chi connectivity index (χ1n) is 9.84. The summed E-state index contributed by atoms with van der Waals surface area (Å²) in [4.78, 5) is 22.9. The lowest BCUT2D eigenvalue weighted by Crippen LogP contribution is -2.44. The van der Waals surface area contributed by atoms with Crippen LogP contribution in [0.4, 0.5) is 5.69 Å². The monoisotopic (exact) mass is 414 g/mol. The molecule has 29 heavy (non-hydrogen) atoms. The fourth-order valence-corrected chi connectivity index (χ4v) is 4.44. The van der Waals surface area contributed by atoms with Crippen molar-refractivity contribution in [2.45, 2.75) is 50.5 Å². The average Bonchev–Trinajstić information content (AvgIpc) is 2.74. The topological polar surface area (TPSA) is 81.5 Å². The third-order valence-electron chi connectivity index (χ3n) is 5.47. The van der Waals surface area contributed by atoms with Crippen molar-refractivity contribution in [2.75, 3.05) is 5.75 Å². The number of carbonyl (C=O) groups excluding carboxylic acids is 1. The Hall–Kier alpha value is -2.54. The van der Waals surface area contributed by atoms with Crippen LogP contribution in [0.15, 0.2) is 48.5 Å². The normalized spacial score (nSPS) is 17.1. The number of nitrogens with one attached hydrogen (secondary N) is 1. The second kappa shape index (κ2) is 9.31. The van der Waals surface area contributed by atoms with Crippen LogP contribution in [0.3, 0.4) is 0 Å². The molecule has 3 rings (SSSR count). The van der Waals surface area contributed by atoms with E-state index in [0.717, 1.165) is 36.1 Å². The molecule has 0 saturated heterocycles. The van der Waals surface area contributed by atoms with E-state index in [2.05, 4.69) is 19.2 Å². The molecule has 1 amide bonds. The van der Waals surface area contributed by atoms with E-state index in [1.807, 2.05) is 24.3 Å². The van der Waals surface area contributed by atoms with Gasteiger partial charge in [-0.15, -0.1) is 11.8 Å². The van der Waals surface area contributed by atoms with Gasteiger partial charge in [0.2, 0.25) is 5.91 Å². The summed E-state index contributed by atoms with van der Waals surface area (Å²) >= 11 is 1.50. The predicted molar refractivity (Wildman–Crippen MR) is 115 cm³/mol. The SMILES string of the molecule is CCC1(CC)CC(NC(=O)CSCc2ccc([N+](=O)[O-])cc2)c2ccccc2O1. The predicted octanol–water partition coefficient (Wildman–Crippen LogP) is 5.03. The van der Waals surface area contributed by atoms with Gasteiger partial charge in [0, 0.05) is 29.9 Å². The Labute approximate surface area is 175 Å². The fraction of sp³-hybridized carbons (Fsp3) is 0.409. The van der Waals surface area contributed by atoms with Crippen LogP contribution in [0.2, 0.25) is 0 Å². The van der Waals surface area contributed by atoms with Gasteiger partial charge >= 0.3 is 0 Å². The Morgan fingerprint density at radius 1 is 1.21 bits per heavy atom. The summed E-state index contributed by atoms with van der Waals surface area (Å²) in [5, 5.41) is 13.9. The van der Waals surface area contributed by atoms with Crippen molar-refractivity contribution in [3.63, 3.8) is 0 Å². The number of rotatable bonds is 8. The number of nitro groups is 1. The summed E-state index contributed by atoms with van der Waals surface area (Å²) in [6.45, 7) is 4.24. The van der Waals surface area contributed by atoms with Crippen molar-refractivity contribution in [1.29, 1.82) is 0 Å². The maximum atomic E-state index is 12.6. The molecule has 2 aromatic carbocycles. The lowest BCUT2D eigenvalue weighted by atomic mass is 9.83. The largest absolute Gasteiger partial charge is 0.487 e. The standard InChI is InChI=1S/C22H26N2O4S/c1-3-22(4-2)13-19(18-7-5-6-8-20(18)28-22)23-21(25)15-29-14-16-9-11-17(12-10-16)24(26)27/h5-12,19H,3-4,13-15H2,1-2H3,(H,23,25). The number of amides is 1. The quantitative estimate of drug-likeness (QED) is 0.484. The second-order valence-corrected chi connectivity index (χ2v) is 8.26. The third-order valence-corrected chi connectivity index (χ3v) is 6.47. The first-order valence-corrected chi connectivity index (χ1v) is 11.0. The summed E-state index contributed by atoms with van der Waals surface area (Å²) in [6, 6.07) is 14.3. The van der Waals surface area contributed by atoms with Crippen LogP contribution < -0.4 is 10.1 Å². The number of fused-ring (bicyclic) bond motifs is 1. The van der Waals surface area contributed by atoms with Crippen LogP contribution in [0, 0.1) is 10.1 Å². The van der Waals surface area contributed by atoms with Crippen molar-refractivity contribution < 1.29 is 14.5 Å². The van der Waals surface area contributed by atoms with Crippen LogP contribution in [0.25, 0.3) is 0 Å². The van der Waals surface area contributed by atoms with Gasteiger partial charge in [0.1, 0.15) is 11.4 Å². The molecule has 0 aromatic heterocycles. The molecule has 6 nitrogen and oxygen atoms in total. The highest BCUT2D eigenvalue weighted by atomic mass is 32.2. The molecule has 154 valence electrons. The average molecular weight is 415 g/mol. The van der Waals surface area contributed by atoms with Gasteiger partial charge in [-0.25, -0.2) is 0 Å². The van der Waals surface area contributed by atoms with Crippen LogP contribution in [-0.2, 0) is 10.5 Å². The zero-order valence-electron chi connectivity index (χ0n) is 16.7. The van der Waals surface area contributed by atoms with Gasteiger partial charge in [-0.2, -0.15) is 0 Å². The minimum atomic E-state index is -0.414. The number of carbonyl (C=O) groups is 1. The van der Waals surface area contributed by atoms with Crippen molar-refractivity contribution in [1.82, 2.24) is 5.32 Å². The molecule has 0 bridgehead atoms. The van der Waals surface area contributed by atoms with Gasteiger partial charge < -0.3 is 10.1 Å². The Morgan fingerprint density at radius 3 is 2.55 bits per heavy atom. The molecule has 0 fully saturated rings. The number of hydrogen-bond acceptors (Lipinski definition) is 5. The van der Waals surface area contributed by atoms with E-state index in [0.29, 0.717) is 11.5 Å². The zero-order valence-corrected chi connectivity index (χ0v) is 17.5. The Morgan fingerprint density at radius 2 is 1.90 bits per heavy atom. The van der Waals surface area contributed by atoms with Crippen molar-refractivity contribution in [3.8, 4) is 5.75 Å². The summed E-state index contributed by atoms with van der Waals surface area (Å²) in [7, 11) is 0. The van der Waals surface area contributed by atoms with E-state index in [-0.39, 0.29) is 23.2 Å². The highest BCUT2D eigenvalue weighted by Crippen LogP contribution is 2.42. The summed E-state index contributed by atoms with van der Waals surface area (Å²) in [5.41, 5.74) is 1.81. The van der Waals surface area contributed by atoms with Gasteiger partial charge in [-0.3, -0.25) is 14.9 Å². The molecule has 1 atom stereocenters. The van der Waals surface area contributed by atoms with Crippen LogP contribution in [-0.4, -0.2) is 22.2 Å². The number of thioether (sulfide) groups is 1. The number of non-ortho nitro benzene ring substituents is 1. The maximum absolute atomic E-state index is 12.6. The van der Waals surface area contributed by atoms with Crippen LogP contribution in [0.5, 0.6) is 5.75 Å². The van der Waals surface area contributed by atoms with E-state index in [9.17, 15) is 14.9 Å². The number of para-hydroxylation sites is 1. The lowest BCUT2D eigenvalue weighted by Gasteiger charge is -2.41. The summed E-state index contributed by atoms with van der Waals surface area (Å²) in [5.74, 6) is 1.80. The smallest absolute Gasteiger partial charge is 0.269 e. The molecule has 1 N–H and O–H groups in total. The van der Waals surface area contributed by atoms with Gasteiger partial charge in [0.15, 0.2) is 0 Å². The van der Waals surface area contributed by atoms with Gasteiger partial charge in [-0.05, 0) is 24.5 Å². The Balaban J connectivity index is 1.58. The molecule has 0 saturated carbocycles. The first-order chi connectivity index (χ1) is 14.0. The molecule has 0 spiro atoms. The third kappa shape index (κ3) is 5.09.